The van der Waals surface area contributed by atoms with E-state index in [9.17, 15) is 0 Å². The van der Waals surface area contributed by atoms with Gasteiger partial charge in [0.25, 0.3) is 0 Å². The molecule has 1 nitrogen and oxygen atoms in total. The second-order valence-corrected chi connectivity index (χ2v) is 5.69. The maximum atomic E-state index is 5.99. The molecule has 0 aromatic heterocycles. The third-order valence-electron chi connectivity index (χ3n) is 3.13. The molecule has 1 N–H and O–H groups in total. The summed E-state index contributed by atoms with van der Waals surface area (Å²) in [6.07, 6.45) is 6.53. The van der Waals surface area contributed by atoms with E-state index in [2.05, 4.69) is 19.2 Å². The first-order chi connectivity index (χ1) is 8.63. The second-order valence-electron chi connectivity index (χ2n) is 4.88. The summed E-state index contributed by atoms with van der Waals surface area (Å²) < 4.78 is 0. The fraction of sp³-hybridized carbons (Fsp3) is 0.600. The Balaban J connectivity index is 2.24. The molecule has 0 amide bonds. The smallest absolute Gasteiger partial charge is 0.0595 e. The summed E-state index contributed by atoms with van der Waals surface area (Å²) >= 11 is 11.9. The molecule has 0 bridgehead atoms. The molecular formula is C15H23Cl2N. The van der Waals surface area contributed by atoms with Crippen LogP contribution in [0.15, 0.2) is 18.2 Å². The summed E-state index contributed by atoms with van der Waals surface area (Å²) in [4.78, 5) is 0. The number of benzene rings is 1. The molecule has 0 radical (unpaired) electrons. The molecule has 0 saturated carbocycles. The van der Waals surface area contributed by atoms with Gasteiger partial charge < -0.3 is 5.32 Å². The molecule has 18 heavy (non-hydrogen) atoms. The molecule has 1 aromatic rings. The fourth-order valence-electron chi connectivity index (χ4n) is 1.92. The summed E-state index contributed by atoms with van der Waals surface area (Å²) in [6, 6.07) is 6.36. The summed E-state index contributed by atoms with van der Waals surface area (Å²) in [6.45, 7) is 5.33. The van der Waals surface area contributed by atoms with E-state index in [1.165, 1.54) is 37.7 Å². The van der Waals surface area contributed by atoms with Crippen molar-refractivity contribution >= 4 is 23.2 Å². The van der Waals surface area contributed by atoms with Crippen LogP contribution in [0.25, 0.3) is 0 Å². The second kappa shape index (κ2) is 8.79. The van der Waals surface area contributed by atoms with Crippen molar-refractivity contribution in [2.45, 2.75) is 58.5 Å². The highest BCUT2D eigenvalue weighted by atomic mass is 35.5. The van der Waals surface area contributed by atoms with Crippen LogP contribution >= 0.6 is 23.2 Å². The number of unbranched alkanes of at least 4 members (excludes halogenated alkanes) is 3. The maximum absolute atomic E-state index is 5.99. The van der Waals surface area contributed by atoms with Gasteiger partial charge in [-0.2, -0.15) is 0 Å². The minimum atomic E-state index is 0.552. The summed E-state index contributed by atoms with van der Waals surface area (Å²) in [5, 5.41) is 4.77. The largest absolute Gasteiger partial charge is 0.310 e. The molecule has 1 rings (SSSR count). The Bertz CT molecular complexity index is 352. The first kappa shape index (κ1) is 15.8. The van der Waals surface area contributed by atoms with Gasteiger partial charge >= 0.3 is 0 Å². The minimum Gasteiger partial charge on any atom is -0.310 e. The molecule has 0 aliphatic heterocycles. The summed E-state index contributed by atoms with van der Waals surface area (Å²) in [5.74, 6) is 0. The molecule has 1 unspecified atom stereocenters. The van der Waals surface area contributed by atoms with Gasteiger partial charge in [-0.3, -0.25) is 0 Å². The normalized spacial score (nSPS) is 12.7. The van der Waals surface area contributed by atoms with Gasteiger partial charge in [0.15, 0.2) is 0 Å². The average molecular weight is 288 g/mol. The number of rotatable bonds is 8. The third-order valence-corrected chi connectivity index (χ3v) is 3.87. The Kier molecular flexibility index (Phi) is 7.73. The first-order valence-corrected chi connectivity index (χ1v) is 7.56. The van der Waals surface area contributed by atoms with Gasteiger partial charge in [0, 0.05) is 12.6 Å². The van der Waals surface area contributed by atoms with Crippen molar-refractivity contribution in [3.8, 4) is 0 Å². The Morgan fingerprint density at radius 2 is 1.89 bits per heavy atom. The molecule has 3 heteroatoms. The van der Waals surface area contributed by atoms with Crippen LogP contribution in [0, 0.1) is 0 Å². The summed E-state index contributed by atoms with van der Waals surface area (Å²) in [5.41, 5.74) is 1.19. The van der Waals surface area contributed by atoms with Crippen molar-refractivity contribution in [2.75, 3.05) is 0 Å². The molecule has 0 heterocycles. The molecule has 0 saturated heterocycles. The van der Waals surface area contributed by atoms with Crippen LogP contribution in [0.3, 0.4) is 0 Å². The SMILES string of the molecule is CCCCCCC(C)NCc1ccc(Cl)c(Cl)c1. The number of halogens is 2. The Morgan fingerprint density at radius 1 is 1.11 bits per heavy atom. The van der Waals surface area contributed by atoms with Gasteiger partial charge in [0.1, 0.15) is 0 Å². The van der Waals surface area contributed by atoms with Crippen molar-refractivity contribution in [3.63, 3.8) is 0 Å². The lowest BCUT2D eigenvalue weighted by atomic mass is 10.1. The van der Waals surface area contributed by atoms with Crippen molar-refractivity contribution in [3.05, 3.63) is 33.8 Å². The van der Waals surface area contributed by atoms with Gasteiger partial charge in [-0.1, -0.05) is 61.9 Å². The zero-order valence-electron chi connectivity index (χ0n) is 11.3. The van der Waals surface area contributed by atoms with Crippen molar-refractivity contribution < 1.29 is 0 Å². The van der Waals surface area contributed by atoms with E-state index in [-0.39, 0.29) is 0 Å². The number of nitrogens with one attached hydrogen (secondary N) is 1. The van der Waals surface area contributed by atoms with E-state index in [0.717, 1.165) is 6.54 Å². The predicted molar refractivity (Wildman–Crippen MR) is 81.5 cm³/mol. The molecular weight excluding hydrogens is 265 g/mol. The van der Waals surface area contributed by atoms with Crippen LogP contribution in [0.1, 0.15) is 51.5 Å². The lowest BCUT2D eigenvalue weighted by Gasteiger charge is -2.14. The number of hydrogen-bond acceptors (Lipinski definition) is 1. The highest BCUT2D eigenvalue weighted by Crippen LogP contribution is 2.22. The number of hydrogen-bond donors (Lipinski definition) is 1. The zero-order chi connectivity index (χ0) is 13.4. The van der Waals surface area contributed by atoms with Crippen molar-refractivity contribution in [2.24, 2.45) is 0 Å². The molecule has 0 aliphatic carbocycles. The van der Waals surface area contributed by atoms with Gasteiger partial charge in [0.05, 0.1) is 10.0 Å². The topological polar surface area (TPSA) is 12.0 Å². The first-order valence-electron chi connectivity index (χ1n) is 6.80. The zero-order valence-corrected chi connectivity index (χ0v) is 12.8. The Labute approximate surface area is 121 Å². The van der Waals surface area contributed by atoms with Gasteiger partial charge in [-0.25, -0.2) is 0 Å². The van der Waals surface area contributed by atoms with Crippen molar-refractivity contribution in [1.29, 1.82) is 0 Å². The summed E-state index contributed by atoms with van der Waals surface area (Å²) in [7, 11) is 0. The monoisotopic (exact) mass is 287 g/mol. The Hall–Kier alpha value is -0.240. The van der Waals surface area contributed by atoms with E-state index < -0.39 is 0 Å². The molecule has 102 valence electrons. The minimum absolute atomic E-state index is 0.552. The predicted octanol–water partition coefficient (Wildman–Crippen LogP) is 5.44. The van der Waals surface area contributed by atoms with Crippen LogP contribution in [-0.2, 0) is 6.54 Å². The van der Waals surface area contributed by atoms with Gasteiger partial charge in [0.2, 0.25) is 0 Å². The molecule has 0 fully saturated rings. The molecule has 0 spiro atoms. The van der Waals surface area contributed by atoms with E-state index in [1.54, 1.807) is 0 Å². The highest BCUT2D eigenvalue weighted by Gasteiger charge is 2.03. The quantitative estimate of drug-likeness (QED) is 0.628. The van der Waals surface area contributed by atoms with Crippen LogP contribution in [0.4, 0.5) is 0 Å². The third kappa shape index (κ3) is 6.08. The van der Waals surface area contributed by atoms with Crippen LogP contribution in [0.5, 0.6) is 0 Å². The van der Waals surface area contributed by atoms with Crippen molar-refractivity contribution in [1.82, 2.24) is 5.32 Å². The fourth-order valence-corrected chi connectivity index (χ4v) is 2.24. The average Bonchev–Trinajstić information content (AvgIpc) is 2.36. The van der Waals surface area contributed by atoms with Crippen LogP contribution in [0.2, 0.25) is 10.0 Å². The van der Waals surface area contributed by atoms with E-state index in [4.69, 9.17) is 23.2 Å². The Morgan fingerprint density at radius 3 is 2.56 bits per heavy atom. The lowest BCUT2D eigenvalue weighted by Crippen LogP contribution is -2.25. The van der Waals surface area contributed by atoms with E-state index in [1.807, 2.05) is 18.2 Å². The molecule has 0 aliphatic rings. The standard InChI is InChI=1S/C15H23Cl2N/c1-3-4-5-6-7-12(2)18-11-13-8-9-14(16)15(17)10-13/h8-10,12,18H,3-7,11H2,1-2H3. The van der Waals surface area contributed by atoms with Crippen LogP contribution < -0.4 is 5.32 Å². The maximum Gasteiger partial charge on any atom is 0.0595 e. The van der Waals surface area contributed by atoms with Gasteiger partial charge in [-0.15, -0.1) is 0 Å². The van der Waals surface area contributed by atoms with Gasteiger partial charge in [-0.05, 0) is 31.0 Å². The van der Waals surface area contributed by atoms with E-state index >= 15 is 0 Å². The van der Waals surface area contributed by atoms with E-state index in [0.29, 0.717) is 16.1 Å². The lowest BCUT2D eigenvalue weighted by molar-refractivity contribution is 0.483. The molecule has 1 aromatic carbocycles. The molecule has 1 atom stereocenters. The van der Waals surface area contributed by atoms with Crippen LogP contribution in [-0.4, -0.2) is 6.04 Å². The highest BCUT2D eigenvalue weighted by molar-refractivity contribution is 6.42.